The van der Waals surface area contributed by atoms with Crippen molar-refractivity contribution in [2.75, 3.05) is 0 Å². The average Bonchev–Trinajstić information content (AvgIpc) is 2.91. The van der Waals surface area contributed by atoms with Gasteiger partial charge in [-0.2, -0.15) is 0 Å². The maximum absolute atomic E-state index is 10.1. The molecule has 8 bridgehead atoms. The van der Waals surface area contributed by atoms with Crippen molar-refractivity contribution in [3.05, 3.63) is 57.0 Å². The highest BCUT2D eigenvalue weighted by molar-refractivity contribution is 9.10. The van der Waals surface area contributed by atoms with Gasteiger partial charge < -0.3 is 15.3 Å². The molecular weight excluding hydrogens is 752 g/mol. The molecule has 0 radical (unpaired) electrons. The lowest BCUT2D eigenvalue weighted by Gasteiger charge is -2.57. The molecule has 0 aliphatic heterocycles. The van der Waals surface area contributed by atoms with E-state index in [-0.39, 0.29) is 11.4 Å². The van der Waals surface area contributed by atoms with Crippen LogP contribution in [0.25, 0.3) is 0 Å². The van der Waals surface area contributed by atoms with Gasteiger partial charge >= 0.3 is 0 Å². The Labute approximate surface area is 285 Å². The zero-order chi connectivity index (χ0) is 29.9. The van der Waals surface area contributed by atoms with E-state index in [0.717, 1.165) is 63.7 Å². The van der Waals surface area contributed by atoms with Crippen LogP contribution in [-0.2, 0) is 54.4 Å². The normalized spacial score (nSPS) is 35.9. The van der Waals surface area contributed by atoms with E-state index >= 15 is 0 Å². The van der Waals surface area contributed by atoms with Crippen LogP contribution in [0.2, 0.25) is 0 Å². The van der Waals surface area contributed by atoms with Gasteiger partial charge in [0.25, 0.3) is 0 Å². The second kappa shape index (κ2) is 14.7. The molecule has 8 aliphatic rings. The summed E-state index contributed by atoms with van der Waals surface area (Å²) in [6.45, 7) is 0. The quantitative estimate of drug-likeness (QED) is 0.270. The Morgan fingerprint density at radius 2 is 1.05 bits per heavy atom. The molecule has 10 rings (SSSR count). The summed E-state index contributed by atoms with van der Waals surface area (Å²) in [7, 11) is 3.95. The lowest BCUT2D eigenvalue weighted by molar-refractivity contribution is -0.124. The lowest BCUT2D eigenvalue weighted by atomic mass is 9.48. The maximum Gasteiger partial charge on any atom is 0.129 e. The van der Waals surface area contributed by atoms with Crippen molar-refractivity contribution in [2.24, 2.45) is 35.5 Å². The summed E-state index contributed by atoms with van der Waals surface area (Å²) in [6.07, 6.45) is 16.3. The third-order valence-electron chi connectivity index (χ3n) is 10.5. The highest BCUT2D eigenvalue weighted by atomic mass is 79.9. The summed E-state index contributed by atoms with van der Waals surface area (Å²) in [5.74, 6) is 6.26. The van der Waals surface area contributed by atoms with Gasteiger partial charge in [0.1, 0.15) is 11.5 Å². The van der Waals surface area contributed by atoms with Crippen LogP contribution in [0.1, 0.15) is 82.6 Å². The molecule has 0 atom stereocenters. The van der Waals surface area contributed by atoms with Crippen molar-refractivity contribution >= 4 is 80.9 Å². The van der Waals surface area contributed by atoms with E-state index in [1.807, 2.05) is 12.1 Å². The Morgan fingerprint density at radius 3 is 1.38 bits per heavy atom. The molecule has 8 aliphatic carbocycles. The summed E-state index contributed by atoms with van der Waals surface area (Å²) >= 11 is 15.5. The van der Waals surface area contributed by atoms with Gasteiger partial charge in [-0.15, -0.1) is 0 Å². The van der Waals surface area contributed by atoms with E-state index in [2.05, 4.69) is 66.4 Å². The molecule has 3 N–H and O–H groups in total. The smallest absolute Gasteiger partial charge is 0.129 e. The van der Waals surface area contributed by atoms with Gasteiger partial charge in [-0.3, -0.25) is 0 Å². The molecule has 2 aromatic rings. The SMILES string of the molecule is OC12CC3CC(CC(C3)C1)C2.Oc1ccc(C23CC4CC(CC(C4)C2)C3)cc1Br.Oc1ccccc1Br.S=S=S=S=S. The molecule has 0 saturated heterocycles. The Bertz CT molecular complexity index is 1280. The third kappa shape index (κ3) is 8.25. The zero-order valence-corrected chi connectivity index (χ0v) is 30.9. The molecule has 0 spiro atoms. The minimum atomic E-state index is -0.200. The predicted molar refractivity (Wildman–Crippen MR) is 191 cm³/mol. The topological polar surface area (TPSA) is 60.7 Å². The van der Waals surface area contributed by atoms with Gasteiger partial charge in [0, 0.05) is 49.0 Å². The Balaban J connectivity index is 0.000000126. The van der Waals surface area contributed by atoms with E-state index in [1.165, 1.54) is 90.0 Å². The van der Waals surface area contributed by atoms with E-state index in [1.54, 1.807) is 18.2 Å². The number of halogens is 2. The standard InChI is InChI=1S/C16H19BrO.C10H16O.C6H5BrO.S5/c17-14-6-13(1-2-15(14)18)16-7-10-3-11(8-16)5-12(4-10)9-16;11-10-4-7-1-8(5-10)3-9(2-7)6-10;7-5-3-1-2-4-6(5)8;1-3-5-4-2/h1-2,6,10-12,18H,3-5,7-9H2;7-9,11H,1-6H2;1-4,8H;. The first kappa shape index (κ1) is 33.4. The van der Waals surface area contributed by atoms with Crippen LogP contribution in [0, 0.1) is 35.5 Å². The fraction of sp³-hybridized carbons (Fsp3) is 0.625. The third-order valence-corrected chi connectivity index (χ3v) is 16.3. The van der Waals surface area contributed by atoms with Crippen LogP contribution in [0.3, 0.4) is 0 Å². The van der Waals surface area contributed by atoms with Crippen molar-refractivity contribution in [1.29, 1.82) is 0 Å². The van der Waals surface area contributed by atoms with Crippen LogP contribution in [0.15, 0.2) is 51.4 Å². The first-order valence-corrected chi connectivity index (χ1v) is 21.9. The highest BCUT2D eigenvalue weighted by Crippen LogP contribution is 2.61. The van der Waals surface area contributed by atoms with Crippen molar-refractivity contribution in [3.63, 3.8) is 0 Å². The van der Waals surface area contributed by atoms with E-state index in [9.17, 15) is 10.2 Å². The molecule has 8 saturated carbocycles. The molecule has 0 aromatic heterocycles. The molecule has 10 heteroatoms. The number of para-hydroxylation sites is 1. The second-order valence-electron chi connectivity index (χ2n) is 13.7. The average molecular weight is 793 g/mol. The summed E-state index contributed by atoms with van der Waals surface area (Å²) in [6, 6.07) is 13.2. The molecular formula is C32H40Br2O3S5. The van der Waals surface area contributed by atoms with Crippen molar-refractivity contribution in [3.8, 4) is 11.5 Å². The number of hydrogen-bond donors (Lipinski definition) is 3. The Hall–Kier alpha value is 0.0600. The van der Waals surface area contributed by atoms with Gasteiger partial charge in [-0.1, -0.05) is 18.2 Å². The predicted octanol–water partition coefficient (Wildman–Crippen LogP) is 8.71. The molecule has 0 amide bonds. The van der Waals surface area contributed by atoms with Gasteiger partial charge in [-0.05, 0) is 180 Å². The van der Waals surface area contributed by atoms with E-state index in [0.29, 0.717) is 11.2 Å². The van der Waals surface area contributed by atoms with Crippen LogP contribution in [-0.4, -0.2) is 20.9 Å². The number of rotatable bonds is 1. The molecule has 230 valence electrons. The van der Waals surface area contributed by atoms with Crippen molar-refractivity contribution in [2.45, 2.75) is 88.1 Å². The number of phenolic OH excluding ortho intramolecular Hbond substituents is 2. The number of phenols is 2. The summed E-state index contributed by atoms with van der Waals surface area (Å²) < 4.78 is 1.59. The fourth-order valence-corrected chi connectivity index (χ4v) is 13.2. The number of hydrogen-bond acceptors (Lipinski definition) is 5. The minimum absolute atomic E-state index is 0.200. The molecule has 8 fully saturated rings. The van der Waals surface area contributed by atoms with E-state index in [4.69, 9.17) is 5.11 Å². The fourth-order valence-electron chi connectivity index (χ4n) is 9.83. The molecule has 42 heavy (non-hydrogen) atoms. The van der Waals surface area contributed by atoms with Crippen LogP contribution >= 0.6 is 31.9 Å². The summed E-state index contributed by atoms with van der Waals surface area (Å²) in [5.41, 5.74) is 1.70. The van der Waals surface area contributed by atoms with Gasteiger partial charge in [0.15, 0.2) is 0 Å². The number of benzene rings is 2. The lowest BCUT2D eigenvalue weighted by Crippen LogP contribution is -2.50. The number of aromatic hydroxyl groups is 2. The number of aliphatic hydroxyl groups is 1. The monoisotopic (exact) mass is 790 g/mol. The van der Waals surface area contributed by atoms with Crippen LogP contribution in [0.5, 0.6) is 11.5 Å². The van der Waals surface area contributed by atoms with Crippen LogP contribution in [0.4, 0.5) is 0 Å². The first-order chi connectivity index (χ1) is 20.1. The summed E-state index contributed by atoms with van der Waals surface area (Å²) in [5, 5.41) is 28.7. The minimum Gasteiger partial charge on any atom is -0.507 e. The zero-order valence-electron chi connectivity index (χ0n) is 23.6. The summed E-state index contributed by atoms with van der Waals surface area (Å²) in [4.78, 5) is 0. The van der Waals surface area contributed by atoms with Crippen molar-refractivity contribution in [1.82, 2.24) is 0 Å². The molecule has 0 heterocycles. The van der Waals surface area contributed by atoms with Gasteiger partial charge in [-0.25, -0.2) is 0 Å². The molecule has 3 nitrogen and oxygen atoms in total. The first-order valence-electron chi connectivity index (χ1n) is 15.0. The Morgan fingerprint density at radius 1 is 0.619 bits per heavy atom. The largest absolute Gasteiger partial charge is 0.507 e. The second-order valence-corrected chi connectivity index (χ2v) is 20.7. The van der Waals surface area contributed by atoms with Crippen molar-refractivity contribution < 1.29 is 15.3 Å². The van der Waals surface area contributed by atoms with Gasteiger partial charge in [0.2, 0.25) is 0 Å². The maximum atomic E-state index is 10.1. The molecule has 2 aromatic carbocycles. The Kier molecular flexibility index (Phi) is 11.7. The van der Waals surface area contributed by atoms with E-state index < -0.39 is 0 Å². The highest BCUT2D eigenvalue weighted by Gasteiger charge is 2.52. The molecule has 0 unspecified atom stereocenters. The van der Waals surface area contributed by atoms with Gasteiger partial charge in [0.05, 0.1) is 14.5 Å². The van der Waals surface area contributed by atoms with Crippen LogP contribution < -0.4 is 0 Å².